The number of fused-ring (bicyclic) bond motifs is 5. The van der Waals surface area contributed by atoms with Gasteiger partial charge in [0.1, 0.15) is 18.3 Å². The zero-order valence-corrected chi connectivity index (χ0v) is 26.2. The molecule has 18 nitrogen and oxygen atoms in total. The number of nitrogens with two attached hydrogens (primary N) is 1. The van der Waals surface area contributed by atoms with E-state index in [1.54, 1.807) is 0 Å². The molecule has 0 aromatic carbocycles. The largest absolute Gasteiger partial charge is 0.369 e. The number of hydrogen-bond acceptors (Lipinski definition) is 15. The lowest BCUT2D eigenvalue weighted by atomic mass is 10.1. The first kappa shape index (κ1) is 30.5. The molecule has 0 spiro atoms. The molecule has 3 aliphatic heterocycles. The fourth-order valence-electron chi connectivity index (χ4n) is 5.25. The minimum atomic E-state index is -4.10. The highest BCUT2D eigenvalue weighted by atomic mass is 32.9. The smallest absolute Gasteiger partial charge is 0.325 e. The van der Waals surface area contributed by atoms with Gasteiger partial charge >= 0.3 is 6.72 Å². The van der Waals surface area contributed by atoms with E-state index in [1.807, 2.05) is 0 Å². The van der Waals surface area contributed by atoms with E-state index in [0.717, 1.165) is 6.33 Å². The van der Waals surface area contributed by atoms with Crippen molar-refractivity contribution in [3.63, 3.8) is 0 Å². The van der Waals surface area contributed by atoms with Crippen LogP contribution in [0.3, 0.4) is 0 Å². The first-order chi connectivity index (χ1) is 20.9. The molecular weight excluding hydrogens is 687 g/mol. The highest BCUT2D eigenvalue weighted by molar-refractivity contribution is 8.60. The van der Waals surface area contributed by atoms with E-state index in [0.29, 0.717) is 0 Å². The molecular formula is C20H22FN9O9P2S3. The Bertz CT molecular complexity index is 1970. The van der Waals surface area contributed by atoms with Crippen LogP contribution in [0.25, 0.3) is 22.3 Å². The third-order valence-corrected chi connectivity index (χ3v) is 10.9. The summed E-state index contributed by atoms with van der Waals surface area (Å²) in [5.74, 6) is -0.135. The minimum Gasteiger partial charge on any atom is -0.369 e. The second kappa shape index (κ2) is 11.2. The molecule has 0 aliphatic carbocycles. The summed E-state index contributed by atoms with van der Waals surface area (Å²) in [6.45, 7) is -4.77. The van der Waals surface area contributed by atoms with Crippen LogP contribution in [0.1, 0.15) is 18.9 Å². The Morgan fingerprint density at radius 2 is 1.73 bits per heavy atom. The quantitative estimate of drug-likeness (QED) is 0.141. The highest BCUT2D eigenvalue weighted by Gasteiger charge is 2.51. The predicted molar refractivity (Wildman–Crippen MR) is 159 cm³/mol. The Hall–Kier alpha value is -2.20. The summed E-state index contributed by atoms with van der Waals surface area (Å²) in [4.78, 5) is 56.5. The first-order valence-corrected chi connectivity index (χ1v) is 19.2. The molecule has 9 atom stereocenters. The average molecular weight is 710 g/mol. The van der Waals surface area contributed by atoms with Gasteiger partial charge in [0.2, 0.25) is 11.6 Å². The van der Waals surface area contributed by atoms with E-state index >= 15 is 4.39 Å². The standard InChI is InChI=1S/C20H22FN9O9P2S3/c21-10-13-9(37-19(10)29-5-25-11-14(29)23-4-24-16(11)31)3-35-41(43,44)38-8-1-7(2-34-40(33,42)39-13)36-18(8)30-6-26-12-15(30)27-20(22)28-17(12)32/h4-10,13,18-19H,1-3H2,(H,33,42)(H,43,44)(H,23,24,31)(H3,22,27,28,32)/t7-,8+,9+,10-,13+,18+,19+,40?/m0/s1. The predicted octanol–water partition coefficient (Wildman–Crippen LogP) is 0.546. The van der Waals surface area contributed by atoms with Crippen LogP contribution in [0.15, 0.2) is 28.6 Å². The van der Waals surface area contributed by atoms with E-state index in [-0.39, 0.29) is 47.9 Å². The van der Waals surface area contributed by atoms with Gasteiger partial charge < -0.3 is 38.7 Å². The summed E-state index contributed by atoms with van der Waals surface area (Å²) in [6.07, 6.45) is -4.68. The number of hydrogen-bond donors (Lipinski definition) is 5. The summed E-state index contributed by atoms with van der Waals surface area (Å²) in [5, 5.41) is 0. The van der Waals surface area contributed by atoms with Crippen molar-refractivity contribution in [2.24, 2.45) is 0 Å². The van der Waals surface area contributed by atoms with Crippen LogP contribution in [-0.4, -0.2) is 87.7 Å². The molecule has 0 amide bonds. The monoisotopic (exact) mass is 709 g/mol. The number of thiol groups is 1. The summed E-state index contributed by atoms with van der Waals surface area (Å²) >= 11 is 15.3. The maximum atomic E-state index is 16.0. The summed E-state index contributed by atoms with van der Waals surface area (Å²) in [5.41, 5.74) is 1.44. The number of alkyl halides is 1. The molecule has 4 aromatic rings. The fraction of sp³-hybridized carbons (Fsp3) is 0.500. The molecule has 3 aliphatic rings. The van der Waals surface area contributed by atoms with Gasteiger partial charge in [-0.15, -0.1) is 0 Å². The van der Waals surface area contributed by atoms with Crippen LogP contribution < -0.4 is 16.9 Å². The number of ether oxygens (including phenoxy) is 2. The minimum absolute atomic E-state index is 0.0155. The molecule has 0 saturated carbocycles. The number of aromatic nitrogens is 8. The summed E-state index contributed by atoms with van der Waals surface area (Å²) in [7, 11) is 0. The van der Waals surface area contributed by atoms with E-state index in [2.05, 4.69) is 42.2 Å². The number of aromatic amines is 2. The average Bonchev–Trinajstić information content (AvgIpc) is 3.72. The third-order valence-electron chi connectivity index (χ3n) is 7.13. The van der Waals surface area contributed by atoms with Crippen molar-refractivity contribution >= 4 is 76.6 Å². The molecule has 24 heteroatoms. The lowest BCUT2D eigenvalue weighted by molar-refractivity contribution is -0.0550. The summed E-state index contributed by atoms with van der Waals surface area (Å²) in [6, 6.07) is 0. The van der Waals surface area contributed by atoms with Gasteiger partial charge in [-0.1, -0.05) is 12.2 Å². The number of imidazole rings is 2. The Kier molecular flexibility index (Phi) is 7.79. The van der Waals surface area contributed by atoms with E-state index in [1.165, 1.54) is 21.8 Å². The molecule has 0 radical (unpaired) electrons. The number of nitrogen functional groups attached to an aromatic ring is 1. The molecule has 2 unspecified atom stereocenters. The fourth-order valence-corrected chi connectivity index (χ4v) is 8.71. The van der Waals surface area contributed by atoms with Crippen molar-refractivity contribution in [2.45, 2.75) is 49.5 Å². The van der Waals surface area contributed by atoms with Gasteiger partial charge in [-0.2, -0.15) is 4.98 Å². The molecule has 5 N–H and O–H groups in total. The van der Waals surface area contributed by atoms with Crippen LogP contribution in [-0.2, 0) is 51.2 Å². The number of anilines is 1. The molecule has 3 saturated heterocycles. The van der Waals surface area contributed by atoms with E-state index < -0.39 is 66.6 Å². The Morgan fingerprint density at radius 1 is 1.00 bits per heavy atom. The maximum Gasteiger partial charge on any atom is 0.325 e. The zero-order valence-electron chi connectivity index (χ0n) is 21.9. The second-order valence-corrected chi connectivity index (χ2v) is 18.0. The number of H-pyrrole nitrogens is 2. The Balaban J connectivity index is 1.19. The summed E-state index contributed by atoms with van der Waals surface area (Å²) < 4.78 is 54.0. The van der Waals surface area contributed by atoms with Crippen LogP contribution in [0.4, 0.5) is 10.3 Å². The van der Waals surface area contributed by atoms with Gasteiger partial charge in [0.15, 0.2) is 41.0 Å². The van der Waals surface area contributed by atoms with Crippen molar-refractivity contribution in [3.8, 4) is 0 Å². The molecule has 4 aromatic heterocycles. The molecule has 44 heavy (non-hydrogen) atoms. The number of nitrogens with zero attached hydrogens (tertiary/aromatic N) is 6. The lowest BCUT2D eigenvalue weighted by Gasteiger charge is -2.28. The van der Waals surface area contributed by atoms with Gasteiger partial charge in [-0.05, 0) is 23.6 Å². The van der Waals surface area contributed by atoms with Crippen LogP contribution >= 0.6 is 24.7 Å². The van der Waals surface area contributed by atoms with Crippen molar-refractivity contribution in [1.29, 1.82) is 0 Å². The van der Waals surface area contributed by atoms with E-state index in [9.17, 15) is 14.5 Å². The number of halogens is 1. The second-order valence-electron chi connectivity index (χ2n) is 9.97. The molecule has 236 valence electrons. The number of nitrogens with one attached hydrogen (secondary N) is 2. The van der Waals surface area contributed by atoms with Gasteiger partial charge in [0.05, 0.1) is 38.3 Å². The topological polar surface area (TPSA) is 229 Å². The van der Waals surface area contributed by atoms with Crippen LogP contribution in [0.5, 0.6) is 0 Å². The maximum absolute atomic E-state index is 16.0. The highest BCUT2D eigenvalue weighted by Crippen LogP contribution is 2.58. The normalized spacial score (nSPS) is 36.6. The van der Waals surface area contributed by atoms with Crippen molar-refractivity contribution in [1.82, 2.24) is 39.0 Å². The third kappa shape index (κ3) is 5.56. The van der Waals surface area contributed by atoms with Crippen LogP contribution in [0.2, 0.25) is 0 Å². The Labute approximate surface area is 260 Å². The van der Waals surface area contributed by atoms with Crippen molar-refractivity contribution < 1.29 is 36.9 Å². The number of rotatable bonds is 2. The Morgan fingerprint density at radius 3 is 2.50 bits per heavy atom. The van der Waals surface area contributed by atoms with Gasteiger partial charge in [0.25, 0.3) is 11.1 Å². The SMILES string of the molecule is Nc1nc2c(ncn2[C@@H]2O[C@@H]3COP(O)(=S)O[C@H]4[C@H](F)[C@H](n5cnc6c(=O)[nH]cnc65)O[C@@H]4COP(=S)(S)O[C@@H]2C3)c(=O)[nH]1. The van der Waals surface area contributed by atoms with Gasteiger partial charge in [-0.25, -0.2) is 19.3 Å². The van der Waals surface area contributed by atoms with Crippen molar-refractivity contribution in [2.75, 3.05) is 18.9 Å². The molecule has 7 rings (SSSR count). The first-order valence-electron chi connectivity index (χ1n) is 12.8. The lowest BCUT2D eigenvalue weighted by Crippen LogP contribution is -2.34. The molecule has 3 fully saturated rings. The van der Waals surface area contributed by atoms with Gasteiger partial charge in [-0.3, -0.25) is 28.2 Å². The molecule has 7 heterocycles. The molecule has 2 bridgehead atoms. The zero-order chi connectivity index (χ0) is 31.0. The van der Waals surface area contributed by atoms with Crippen molar-refractivity contribution in [3.05, 3.63) is 39.7 Å². The van der Waals surface area contributed by atoms with Gasteiger partial charge in [0, 0.05) is 6.42 Å². The van der Waals surface area contributed by atoms with Crippen LogP contribution in [0, 0.1) is 0 Å². The van der Waals surface area contributed by atoms with E-state index in [4.69, 9.17) is 56.9 Å².